The first-order chi connectivity index (χ1) is 11.8. The molecule has 0 saturated heterocycles. The third-order valence-corrected chi connectivity index (χ3v) is 3.60. The van der Waals surface area contributed by atoms with Crippen molar-refractivity contribution in [1.29, 1.82) is 0 Å². The van der Waals surface area contributed by atoms with Crippen molar-refractivity contribution in [2.45, 2.75) is 13.0 Å². The van der Waals surface area contributed by atoms with E-state index < -0.39 is 16.9 Å². The van der Waals surface area contributed by atoms with Gasteiger partial charge in [0.2, 0.25) is 0 Å². The first kappa shape index (κ1) is 18.8. The lowest BCUT2D eigenvalue weighted by Crippen LogP contribution is -2.30. The van der Waals surface area contributed by atoms with Crippen LogP contribution in [0, 0.1) is 10.1 Å². The van der Waals surface area contributed by atoms with Crippen molar-refractivity contribution in [2.24, 2.45) is 0 Å². The van der Waals surface area contributed by atoms with E-state index in [0.29, 0.717) is 21.5 Å². The lowest BCUT2D eigenvalue weighted by molar-refractivity contribution is -0.386. The molecule has 9 heteroatoms. The molecule has 1 amide bonds. The summed E-state index contributed by atoms with van der Waals surface area (Å²) < 4.78 is 10.4. The number of nitrogens with one attached hydrogen (secondary N) is 1. The highest BCUT2D eigenvalue weighted by Gasteiger charge is 2.22. The van der Waals surface area contributed by atoms with Gasteiger partial charge in [-0.2, -0.15) is 0 Å². The third-order valence-electron chi connectivity index (χ3n) is 3.17. The van der Waals surface area contributed by atoms with Gasteiger partial charge in [-0.15, -0.1) is 0 Å². The fraction of sp³-hybridized carbons (Fsp3) is 0.188. The molecular weight excluding hydrogens is 371 g/mol. The van der Waals surface area contributed by atoms with Gasteiger partial charge in [-0.05, 0) is 37.3 Å². The number of benzene rings is 2. The van der Waals surface area contributed by atoms with Crippen molar-refractivity contribution in [1.82, 2.24) is 0 Å². The molecule has 2 rings (SSSR count). The van der Waals surface area contributed by atoms with E-state index in [1.165, 1.54) is 50.4 Å². The summed E-state index contributed by atoms with van der Waals surface area (Å²) in [6.45, 7) is 1.47. The summed E-state index contributed by atoms with van der Waals surface area (Å²) in [5.74, 6) is -0.245. The van der Waals surface area contributed by atoms with E-state index >= 15 is 0 Å². The van der Waals surface area contributed by atoms with Gasteiger partial charge in [-0.25, -0.2) is 0 Å². The molecule has 0 radical (unpaired) electrons. The highest BCUT2D eigenvalue weighted by atomic mass is 35.5. The minimum atomic E-state index is -0.996. The second-order valence-corrected chi connectivity index (χ2v) is 5.87. The van der Waals surface area contributed by atoms with E-state index in [4.69, 9.17) is 32.7 Å². The SMILES string of the molecule is COc1ccc(O[C@H](C)C(=O)Nc2cc(Cl)cc(Cl)c2)c([N+](=O)[O-])c1. The molecule has 132 valence electrons. The molecule has 0 aromatic heterocycles. The monoisotopic (exact) mass is 384 g/mol. The molecule has 7 nitrogen and oxygen atoms in total. The predicted molar refractivity (Wildman–Crippen MR) is 94.8 cm³/mol. The summed E-state index contributed by atoms with van der Waals surface area (Å²) in [7, 11) is 1.39. The topological polar surface area (TPSA) is 90.7 Å². The number of rotatable bonds is 6. The van der Waals surface area contributed by atoms with Gasteiger partial charge in [0.05, 0.1) is 18.1 Å². The van der Waals surface area contributed by atoms with Gasteiger partial charge in [0.1, 0.15) is 5.75 Å². The Kier molecular flexibility index (Phi) is 6.06. The minimum Gasteiger partial charge on any atom is -0.496 e. The smallest absolute Gasteiger partial charge is 0.314 e. The molecule has 1 N–H and O–H groups in total. The number of ether oxygens (including phenoxy) is 2. The molecule has 0 unspecified atom stereocenters. The Morgan fingerprint density at radius 1 is 1.20 bits per heavy atom. The molecule has 0 spiro atoms. The Hall–Kier alpha value is -2.51. The van der Waals surface area contributed by atoms with E-state index in [1.54, 1.807) is 0 Å². The van der Waals surface area contributed by atoms with Gasteiger partial charge >= 0.3 is 5.69 Å². The maximum absolute atomic E-state index is 12.2. The van der Waals surface area contributed by atoms with Crippen molar-refractivity contribution in [2.75, 3.05) is 12.4 Å². The van der Waals surface area contributed by atoms with Gasteiger partial charge < -0.3 is 14.8 Å². The lowest BCUT2D eigenvalue weighted by Gasteiger charge is -2.15. The van der Waals surface area contributed by atoms with Crippen LogP contribution >= 0.6 is 23.2 Å². The van der Waals surface area contributed by atoms with Crippen molar-refractivity contribution in [3.63, 3.8) is 0 Å². The van der Waals surface area contributed by atoms with Crippen LogP contribution in [-0.4, -0.2) is 24.0 Å². The zero-order valence-corrected chi connectivity index (χ0v) is 14.8. The molecule has 0 aliphatic carbocycles. The Bertz CT molecular complexity index is 793. The molecule has 0 aliphatic rings. The average molecular weight is 385 g/mol. The molecule has 2 aromatic carbocycles. The largest absolute Gasteiger partial charge is 0.496 e. The van der Waals surface area contributed by atoms with Crippen LogP contribution in [0.1, 0.15) is 6.92 Å². The van der Waals surface area contributed by atoms with Crippen LogP contribution in [0.3, 0.4) is 0 Å². The second-order valence-electron chi connectivity index (χ2n) is 5.00. The van der Waals surface area contributed by atoms with Gasteiger partial charge in [-0.3, -0.25) is 14.9 Å². The van der Waals surface area contributed by atoms with E-state index in [1.807, 2.05) is 0 Å². The number of halogens is 2. The number of nitro groups is 1. The number of amides is 1. The molecule has 1 atom stereocenters. The second kappa shape index (κ2) is 8.04. The normalized spacial score (nSPS) is 11.5. The van der Waals surface area contributed by atoms with Crippen LogP contribution in [0.4, 0.5) is 11.4 Å². The maximum atomic E-state index is 12.2. The van der Waals surface area contributed by atoms with E-state index in [0.717, 1.165) is 0 Å². The summed E-state index contributed by atoms with van der Waals surface area (Å²) in [5, 5.41) is 14.5. The Morgan fingerprint density at radius 2 is 1.84 bits per heavy atom. The van der Waals surface area contributed by atoms with Crippen LogP contribution < -0.4 is 14.8 Å². The average Bonchev–Trinajstić information content (AvgIpc) is 2.53. The van der Waals surface area contributed by atoms with Crippen molar-refractivity contribution >= 4 is 40.5 Å². The summed E-state index contributed by atoms with van der Waals surface area (Å²) in [6, 6.07) is 8.67. The Morgan fingerprint density at radius 3 is 2.40 bits per heavy atom. The Labute approximate surface area is 153 Å². The van der Waals surface area contributed by atoms with Crippen molar-refractivity contribution in [3.8, 4) is 11.5 Å². The number of carbonyl (C=O) groups is 1. The number of anilines is 1. The van der Waals surface area contributed by atoms with Crippen LogP contribution in [0.15, 0.2) is 36.4 Å². The van der Waals surface area contributed by atoms with Crippen LogP contribution in [-0.2, 0) is 4.79 Å². The van der Waals surface area contributed by atoms with Gasteiger partial charge in [-0.1, -0.05) is 23.2 Å². The molecule has 0 aliphatic heterocycles. The lowest BCUT2D eigenvalue weighted by atomic mass is 10.2. The summed E-state index contributed by atoms with van der Waals surface area (Å²) in [5.41, 5.74) is 0.0898. The molecule has 0 saturated carbocycles. The molecule has 25 heavy (non-hydrogen) atoms. The van der Waals surface area contributed by atoms with Crippen molar-refractivity contribution in [3.05, 3.63) is 56.6 Å². The molecular formula is C16H14Cl2N2O5. The van der Waals surface area contributed by atoms with Gasteiger partial charge in [0.15, 0.2) is 11.9 Å². The van der Waals surface area contributed by atoms with E-state index in [2.05, 4.69) is 5.32 Å². The first-order valence-corrected chi connectivity index (χ1v) is 7.82. The number of carbonyl (C=O) groups excluding carboxylic acids is 1. The first-order valence-electron chi connectivity index (χ1n) is 7.06. The zero-order valence-electron chi connectivity index (χ0n) is 13.3. The standard InChI is InChI=1S/C16H14Cl2N2O5/c1-9(16(21)19-12-6-10(17)5-11(18)7-12)25-15-4-3-13(24-2)8-14(15)20(22)23/h3-9H,1-2H3,(H,19,21)/t9-/m1/s1. The molecule has 2 aromatic rings. The predicted octanol–water partition coefficient (Wildman–Crippen LogP) is 4.32. The third kappa shape index (κ3) is 4.98. The number of nitro benzene ring substituents is 1. The maximum Gasteiger partial charge on any atom is 0.314 e. The molecule has 0 fully saturated rings. The van der Waals surface area contributed by atoms with Crippen LogP contribution in [0.2, 0.25) is 10.0 Å². The number of hydrogen-bond donors (Lipinski definition) is 1. The van der Waals surface area contributed by atoms with Crippen LogP contribution in [0.5, 0.6) is 11.5 Å². The van der Waals surface area contributed by atoms with E-state index in [9.17, 15) is 14.9 Å². The quantitative estimate of drug-likeness (QED) is 0.591. The minimum absolute atomic E-state index is 0.0439. The van der Waals surface area contributed by atoms with Crippen molar-refractivity contribution < 1.29 is 19.2 Å². The highest BCUT2D eigenvalue weighted by Crippen LogP contribution is 2.32. The fourth-order valence-electron chi connectivity index (χ4n) is 1.98. The summed E-state index contributed by atoms with van der Waals surface area (Å²) in [4.78, 5) is 22.8. The van der Waals surface area contributed by atoms with E-state index in [-0.39, 0.29) is 11.4 Å². The fourth-order valence-corrected chi connectivity index (χ4v) is 2.51. The highest BCUT2D eigenvalue weighted by molar-refractivity contribution is 6.35. The van der Waals surface area contributed by atoms with Gasteiger partial charge in [0.25, 0.3) is 5.91 Å². The van der Waals surface area contributed by atoms with Gasteiger partial charge in [0, 0.05) is 15.7 Å². The zero-order chi connectivity index (χ0) is 18.6. The van der Waals surface area contributed by atoms with Crippen LogP contribution in [0.25, 0.3) is 0 Å². The number of nitrogens with zero attached hydrogens (tertiary/aromatic N) is 1. The number of methoxy groups -OCH3 is 1. The Balaban J connectivity index is 2.14. The number of hydrogen-bond acceptors (Lipinski definition) is 5. The summed E-state index contributed by atoms with van der Waals surface area (Å²) >= 11 is 11.7. The molecule has 0 bridgehead atoms. The molecule has 0 heterocycles. The summed E-state index contributed by atoms with van der Waals surface area (Å²) in [6.07, 6.45) is -0.996.